The first-order valence-electron chi connectivity index (χ1n) is 5.30. The Hall–Kier alpha value is -1.55. The van der Waals surface area contributed by atoms with Crippen LogP contribution in [0, 0.1) is 0 Å². The summed E-state index contributed by atoms with van der Waals surface area (Å²) < 4.78 is 6.58. The number of ether oxygens (including phenoxy) is 1. The number of imidazole rings is 1. The molecule has 0 aliphatic carbocycles. The van der Waals surface area contributed by atoms with Crippen molar-refractivity contribution in [2.45, 2.75) is 19.9 Å². The van der Waals surface area contributed by atoms with Gasteiger partial charge >= 0.3 is 5.97 Å². The Morgan fingerprint density at radius 2 is 2.18 bits per heavy atom. The summed E-state index contributed by atoms with van der Waals surface area (Å²) in [5.41, 5.74) is 1.58. The van der Waals surface area contributed by atoms with Gasteiger partial charge in [0.25, 0.3) is 0 Å². The van der Waals surface area contributed by atoms with Crippen molar-refractivity contribution < 1.29 is 9.53 Å². The van der Waals surface area contributed by atoms with Crippen LogP contribution in [-0.2, 0) is 4.74 Å². The fraction of sp³-hybridized carbons (Fsp3) is 0.333. The standard InChI is InChI=1S/C12H13ClN2O2/c1-7(2)15-10-5-4-8(13)6-9(10)14-11(15)12(16)17-3/h4-7H,1-3H3. The third kappa shape index (κ3) is 2.00. The number of carbonyl (C=O) groups excluding carboxylic acids is 1. The quantitative estimate of drug-likeness (QED) is 0.772. The minimum Gasteiger partial charge on any atom is -0.463 e. The van der Waals surface area contributed by atoms with Crippen LogP contribution in [0.15, 0.2) is 18.2 Å². The van der Waals surface area contributed by atoms with Gasteiger partial charge in [0.1, 0.15) is 0 Å². The van der Waals surface area contributed by atoms with E-state index >= 15 is 0 Å². The van der Waals surface area contributed by atoms with Gasteiger partial charge in [-0.25, -0.2) is 9.78 Å². The van der Waals surface area contributed by atoms with Crippen LogP contribution in [0.1, 0.15) is 30.5 Å². The van der Waals surface area contributed by atoms with Gasteiger partial charge in [-0.1, -0.05) is 11.6 Å². The highest BCUT2D eigenvalue weighted by atomic mass is 35.5. The van der Waals surface area contributed by atoms with Gasteiger partial charge in [-0.15, -0.1) is 0 Å². The lowest BCUT2D eigenvalue weighted by Crippen LogP contribution is -2.13. The first-order chi connectivity index (χ1) is 8.04. The van der Waals surface area contributed by atoms with Gasteiger partial charge in [0.05, 0.1) is 18.1 Å². The van der Waals surface area contributed by atoms with E-state index in [2.05, 4.69) is 4.98 Å². The Balaban J connectivity index is 2.74. The molecule has 0 N–H and O–H groups in total. The van der Waals surface area contributed by atoms with Crippen LogP contribution in [0.4, 0.5) is 0 Å². The van der Waals surface area contributed by atoms with E-state index in [1.165, 1.54) is 7.11 Å². The van der Waals surface area contributed by atoms with Gasteiger partial charge < -0.3 is 9.30 Å². The zero-order valence-electron chi connectivity index (χ0n) is 9.90. The topological polar surface area (TPSA) is 44.1 Å². The third-order valence-electron chi connectivity index (χ3n) is 2.54. The molecule has 0 amide bonds. The van der Waals surface area contributed by atoms with Crippen LogP contribution in [0.5, 0.6) is 0 Å². The lowest BCUT2D eigenvalue weighted by Gasteiger charge is -2.11. The number of aromatic nitrogens is 2. The second-order valence-corrected chi connectivity index (χ2v) is 4.46. The highest BCUT2D eigenvalue weighted by Gasteiger charge is 2.19. The zero-order chi connectivity index (χ0) is 12.6. The summed E-state index contributed by atoms with van der Waals surface area (Å²) in [4.78, 5) is 15.9. The average molecular weight is 253 g/mol. The lowest BCUT2D eigenvalue weighted by molar-refractivity contribution is 0.0580. The van der Waals surface area contributed by atoms with Crippen LogP contribution in [-0.4, -0.2) is 22.6 Å². The molecule has 2 aromatic rings. The number of hydrogen-bond donors (Lipinski definition) is 0. The van der Waals surface area contributed by atoms with E-state index in [1.807, 2.05) is 24.5 Å². The van der Waals surface area contributed by atoms with Crippen LogP contribution in [0.25, 0.3) is 11.0 Å². The van der Waals surface area contributed by atoms with Crippen molar-refractivity contribution in [3.8, 4) is 0 Å². The molecule has 1 aromatic carbocycles. The molecule has 0 fully saturated rings. The van der Waals surface area contributed by atoms with Crippen LogP contribution < -0.4 is 0 Å². The van der Waals surface area contributed by atoms with Gasteiger partial charge in [0.15, 0.2) is 0 Å². The third-order valence-corrected chi connectivity index (χ3v) is 2.77. The molecule has 0 spiro atoms. The second-order valence-electron chi connectivity index (χ2n) is 4.02. The molecule has 17 heavy (non-hydrogen) atoms. The molecule has 0 unspecified atom stereocenters. The van der Waals surface area contributed by atoms with Crippen molar-refractivity contribution in [2.75, 3.05) is 7.11 Å². The van der Waals surface area contributed by atoms with Crippen molar-refractivity contribution in [3.05, 3.63) is 29.0 Å². The molecule has 4 nitrogen and oxygen atoms in total. The molecule has 90 valence electrons. The van der Waals surface area contributed by atoms with Crippen LogP contribution in [0.3, 0.4) is 0 Å². The molecule has 0 saturated heterocycles. The van der Waals surface area contributed by atoms with Crippen molar-refractivity contribution in [3.63, 3.8) is 0 Å². The van der Waals surface area contributed by atoms with Gasteiger partial charge in [-0.05, 0) is 32.0 Å². The summed E-state index contributed by atoms with van der Waals surface area (Å²) in [6.45, 7) is 3.98. The van der Waals surface area contributed by atoms with Crippen molar-refractivity contribution >= 4 is 28.6 Å². The van der Waals surface area contributed by atoms with Crippen LogP contribution >= 0.6 is 11.6 Å². The van der Waals surface area contributed by atoms with Gasteiger partial charge in [0, 0.05) is 11.1 Å². The second kappa shape index (κ2) is 4.37. The number of methoxy groups -OCH3 is 1. The molecule has 0 saturated carbocycles. The van der Waals surface area contributed by atoms with Gasteiger partial charge in [-0.3, -0.25) is 0 Å². The number of halogens is 1. The van der Waals surface area contributed by atoms with Crippen LogP contribution in [0.2, 0.25) is 5.02 Å². The Morgan fingerprint density at radius 1 is 1.47 bits per heavy atom. The van der Waals surface area contributed by atoms with E-state index in [9.17, 15) is 4.79 Å². The minimum absolute atomic E-state index is 0.121. The average Bonchev–Trinajstić information content (AvgIpc) is 2.66. The predicted molar refractivity (Wildman–Crippen MR) is 66.5 cm³/mol. The predicted octanol–water partition coefficient (Wildman–Crippen LogP) is 3.06. The van der Waals surface area contributed by atoms with E-state index in [4.69, 9.17) is 16.3 Å². The number of carbonyl (C=O) groups is 1. The Morgan fingerprint density at radius 3 is 2.76 bits per heavy atom. The maximum absolute atomic E-state index is 11.7. The molecule has 1 heterocycles. The summed E-state index contributed by atoms with van der Waals surface area (Å²) in [5, 5.41) is 0.599. The van der Waals surface area contributed by atoms with E-state index in [0.29, 0.717) is 16.4 Å². The monoisotopic (exact) mass is 252 g/mol. The van der Waals surface area contributed by atoms with Crippen molar-refractivity contribution in [2.24, 2.45) is 0 Å². The van der Waals surface area contributed by atoms with Crippen molar-refractivity contribution in [1.82, 2.24) is 9.55 Å². The van der Waals surface area contributed by atoms with Gasteiger partial charge in [-0.2, -0.15) is 0 Å². The first kappa shape index (κ1) is 11.9. The number of benzene rings is 1. The zero-order valence-corrected chi connectivity index (χ0v) is 10.7. The Kier molecular flexibility index (Phi) is 3.07. The van der Waals surface area contributed by atoms with E-state index in [1.54, 1.807) is 12.1 Å². The van der Waals surface area contributed by atoms with Crippen molar-refractivity contribution in [1.29, 1.82) is 0 Å². The maximum atomic E-state index is 11.7. The SMILES string of the molecule is COC(=O)c1nc2cc(Cl)ccc2n1C(C)C. The minimum atomic E-state index is -0.439. The molecular formula is C12H13ClN2O2. The highest BCUT2D eigenvalue weighted by molar-refractivity contribution is 6.31. The number of rotatable bonds is 2. The Bertz CT molecular complexity index is 575. The largest absolute Gasteiger partial charge is 0.463 e. The molecular weight excluding hydrogens is 240 g/mol. The Labute approximate surface area is 104 Å². The number of fused-ring (bicyclic) bond motifs is 1. The molecule has 0 bridgehead atoms. The molecule has 0 radical (unpaired) electrons. The summed E-state index contributed by atoms with van der Waals surface area (Å²) >= 11 is 5.91. The van der Waals surface area contributed by atoms with E-state index in [-0.39, 0.29) is 6.04 Å². The fourth-order valence-electron chi connectivity index (χ4n) is 1.83. The molecule has 5 heteroatoms. The van der Waals surface area contributed by atoms with Gasteiger partial charge in [0.2, 0.25) is 5.82 Å². The molecule has 0 atom stereocenters. The number of nitrogens with zero attached hydrogens (tertiary/aromatic N) is 2. The number of hydrogen-bond acceptors (Lipinski definition) is 3. The molecule has 0 aliphatic rings. The fourth-order valence-corrected chi connectivity index (χ4v) is 2.00. The molecule has 0 aliphatic heterocycles. The summed E-state index contributed by atoms with van der Waals surface area (Å²) in [6, 6.07) is 5.50. The summed E-state index contributed by atoms with van der Waals surface area (Å²) in [7, 11) is 1.35. The molecule has 1 aromatic heterocycles. The lowest BCUT2D eigenvalue weighted by atomic mass is 10.3. The normalized spacial score (nSPS) is 11.1. The first-order valence-corrected chi connectivity index (χ1v) is 5.68. The smallest absolute Gasteiger partial charge is 0.374 e. The maximum Gasteiger partial charge on any atom is 0.374 e. The summed E-state index contributed by atoms with van der Waals surface area (Å²) in [5.74, 6) is -0.134. The number of esters is 1. The highest BCUT2D eigenvalue weighted by Crippen LogP contribution is 2.24. The van der Waals surface area contributed by atoms with E-state index in [0.717, 1.165) is 5.52 Å². The summed E-state index contributed by atoms with van der Waals surface area (Å²) in [6.07, 6.45) is 0. The van der Waals surface area contributed by atoms with E-state index < -0.39 is 5.97 Å². The molecule has 2 rings (SSSR count).